The Morgan fingerprint density at radius 1 is 1.56 bits per heavy atom. The summed E-state index contributed by atoms with van der Waals surface area (Å²) >= 11 is 5.67. The SMILES string of the molecule is NC(=O)CC(O)C(O)c1cc(Cl)cnc1N. The second kappa shape index (κ2) is 5.11. The summed E-state index contributed by atoms with van der Waals surface area (Å²) in [4.78, 5) is 14.3. The van der Waals surface area contributed by atoms with Gasteiger partial charge in [-0.3, -0.25) is 4.79 Å². The van der Waals surface area contributed by atoms with Gasteiger partial charge in [0.15, 0.2) is 0 Å². The number of aliphatic hydroxyl groups excluding tert-OH is 2. The molecule has 16 heavy (non-hydrogen) atoms. The number of primary amides is 1. The first kappa shape index (κ1) is 12.7. The van der Waals surface area contributed by atoms with Crippen molar-refractivity contribution in [3.05, 3.63) is 22.8 Å². The topological polar surface area (TPSA) is 122 Å². The number of carbonyl (C=O) groups is 1. The summed E-state index contributed by atoms with van der Waals surface area (Å²) < 4.78 is 0. The van der Waals surface area contributed by atoms with Gasteiger partial charge in [-0.2, -0.15) is 0 Å². The van der Waals surface area contributed by atoms with E-state index in [9.17, 15) is 15.0 Å². The van der Waals surface area contributed by atoms with E-state index >= 15 is 0 Å². The van der Waals surface area contributed by atoms with Gasteiger partial charge >= 0.3 is 0 Å². The number of anilines is 1. The third kappa shape index (κ3) is 3.06. The van der Waals surface area contributed by atoms with Gasteiger partial charge in [-0.1, -0.05) is 11.6 Å². The van der Waals surface area contributed by atoms with Gasteiger partial charge in [-0.25, -0.2) is 4.98 Å². The molecule has 2 unspecified atom stereocenters. The van der Waals surface area contributed by atoms with Gasteiger partial charge < -0.3 is 21.7 Å². The first-order chi connectivity index (χ1) is 7.41. The Balaban J connectivity index is 2.90. The summed E-state index contributed by atoms with van der Waals surface area (Å²) in [7, 11) is 0. The van der Waals surface area contributed by atoms with E-state index in [-0.39, 0.29) is 22.8 Å². The highest BCUT2D eigenvalue weighted by Gasteiger charge is 2.23. The predicted octanol–water partition coefficient (Wildman–Crippen LogP) is -0.413. The standard InChI is InChI=1S/C9H12ClN3O3/c10-4-1-5(9(12)13-3-4)8(16)6(14)2-7(11)15/h1,3,6,8,14,16H,2H2,(H2,11,15)(H2,12,13). The normalized spacial score (nSPS) is 14.4. The van der Waals surface area contributed by atoms with Crippen molar-refractivity contribution in [1.82, 2.24) is 4.98 Å². The van der Waals surface area contributed by atoms with Crippen LogP contribution in [0.5, 0.6) is 0 Å². The maximum absolute atomic E-state index is 10.6. The molecule has 0 aliphatic rings. The zero-order chi connectivity index (χ0) is 12.3. The average Bonchev–Trinajstić information content (AvgIpc) is 2.19. The predicted molar refractivity (Wildman–Crippen MR) is 58.4 cm³/mol. The summed E-state index contributed by atoms with van der Waals surface area (Å²) in [5.74, 6) is -0.680. The van der Waals surface area contributed by atoms with E-state index in [0.717, 1.165) is 0 Å². The fourth-order valence-corrected chi connectivity index (χ4v) is 1.39. The zero-order valence-electron chi connectivity index (χ0n) is 8.30. The largest absolute Gasteiger partial charge is 0.390 e. The molecule has 0 bridgehead atoms. The molecule has 2 atom stereocenters. The fourth-order valence-electron chi connectivity index (χ4n) is 1.23. The summed E-state index contributed by atoms with van der Waals surface area (Å²) in [5, 5.41) is 19.5. The number of nitrogens with zero attached hydrogens (tertiary/aromatic N) is 1. The van der Waals surface area contributed by atoms with Crippen LogP contribution in [0.3, 0.4) is 0 Å². The number of halogens is 1. The smallest absolute Gasteiger partial charge is 0.220 e. The molecule has 0 radical (unpaired) electrons. The maximum atomic E-state index is 10.6. The molecule has 0 aliphatic carbocycles. The molecule has 88 valence electrons. The van der Waals surface area contributed by atoms with Crippen molar-refractivity contribution in [3.63, 3.8) is 0 Å². The van der Waals surface area contributed by atoms with E-state index in [0.29, 0.717) is 0 Å². The lowest BCUT2D eigenvalue weighted by atomic mass is 10.0. The molecule has 0 fully saturated rings. The van der Waals surface area contributed by atoms with Gasteiger partial charge in [0.25, 0.3) is 0 Å². The van der Waals surface area contributed by atoms with Crippen molar-refractivity contribution in [2.45, 2.75) is 18.6 Å². The van der Waals surface area contributed by atoms with Crippen LogP contribution in [-0.2, 0) is 4.79 Å². The first-order valence-electron chi connectivity index (χ1n) is 4.47. The van der Waals surface area contributed by atoms with Crippen molar-refractivity contribution < 1.29 is 15.0 Å². The molecule has 1 aromatic rings. The molecule has 6 N–H and O–H groups in total. The van der Waals surface area contributed by atoms with Crippen LogP contribution >= 0.6 is 11.6 Å². The van der Waals surface area contributed by atoms with Crippen LogP contribution in [0, 0.1) is 0 Å². The van der Waals surface area contributed by atoms with E-state index in [1.54, 1.807) is 0 Å². The highest BCUT2D eigenvalue weighted by Crippen LogP contribution is 2.25. The second-order valence-electron chi connectivity index (χ2n) is 3.31. The van der Waals surface area contributed by atoms with Crippen LogP contribution in [0.4, 0.5) is 5.82 Å². The van der Waals surface area contributed by atoms with Crippen molar-refractivity contribution in [2.75, 3.05) is 5.73 Å². The number of hydrogen-bond acceptors (Lipinski definition) is 5. The number of pyridine rings is 1. The Labute approximate surface area is 96.8 Å². The lowest BCUT2D eigenvalue weighted by Gasteiger charge is -2.17. The minimum atomic E-state index is -1.35. The lowest BCUT2D eigenvalue weighted by Crippen LogP contribution is -2.26. The van der Waals surface area contributed by atoms with E-state index in [1.807, 2.05) is 0 Å². The van der Waals surface area contributed by atoms with E-state index < -0.39 is 18.1 Å². The number of aromatic nitrogens is 1. The Bertz CT molecular complexity index is 400. The Morgan fingerprint density at radius 3 is 2.75 bits per heavy atom. The van der Waals surface area contributed by atoms with Crippen LogP contribution in [-0.4, -0.2) is 27.2 Å². The van der Waals surface area contributed by atoms with E-state index in [4.69, 9.17) is 23.1 Å². The van der Waals surface area contributed by atoms with Crippen LogP contribution in [0.25, 0.3) is 0 Å². The number of aliphatic hydroxyl groups is 2. The minimum absolute atomic E-state index is 0.0421. The van der Waals surface area contributed by atoms with Gasteiger partial charge in [0, 0.05) is 11.8 Å². The second-order valence-corrected chi connectivity index (χ2v) is 3.75. The van der Waals surface area contributed by atoms with Crippen molar-refractivity contribution in [3.8, 4) is 0 Å². The third-order valence-corrected chi connectivity index (χ3v) is 2.22. The Hall–Kier alpha value is -1.37. The number of amides is 1. The molecule has 7 heteroatoms. The third-order valence-electron chi connectivity index (χ3n) is 2.01. The van der Waals surface area contributed by atoms with Crippen molar-refractivity contribution >= 4 is 23.3 Å². The lowest BCUT2D eigenvalue weighted by molar-refractivity contribution is -0.121. The first-order valence-corrected chi connectivity index (χ1v) is 4.85. The molecule has 1 amide bonds. The highest BCUT2D eigenvalue weighted by atomic mass is 35.5. The molecule has 6 nitrogen and oxygen atoms in total. The molecule has 0 spiro atoms. The molecule has 0 aliphatic heterocycles. The molecule has 0 aromatic carbocycles. The van der Waals surface area contributed by atoms with Crippen LogP contribution in [0.15, 0.2) is 12.3 Å². The number of nitrogens with two attached hydrogens (primary N) is 2. The van der Waals surface area contributed by atoms with E-state index in [2.05, 4.69) is 4.98 Å². The van der Waals surface area contributed by atoms with Gasteiger partial charge in [-0.05, 0) is 6.07 Å². The number of nitrogen functional groups attached to an aromatic ring is 1. The van der Waals surface area contributed by atoms with Crippen LogP contribution in [0.2, 0.25) is 5.02 Å². The zero-order valence-corrected chi connectivity index (χ0v) is 9.05. The Morgan fingerprint density at radius 2 is 2.19 bits per heavy atom. The maximum Gasteiger partial charge on any atom is 0.220 e. The van der Waals surface area contributed by atoms with Crippen molar-refractivity contribution in [2.24, 2.45) is 5.73 Å². The average molecular weight is 246 g/mol. The monoisotopic (exact) mass is 245 g/mol. The molecule has 0 saturated carbocycles. The summed E-state index contributed by atoms with van der Waals surface area (Å²) in [5.41, 5.74) is 10.6. The summed E-state index contributed by atoms with van der Waals surface area (Å²) in [6.07, 6.45) is -1.74. The van der Waals surface area contributed by atoms with Gasteiger partial charge in [0.2, 0.25) is 5.91 Å². The van der Waals surface area contributed by atoms with Gasteiger partial charge in [0.1, 0.15) is 11.9 Å². The molecular weight excluding hydrogens is 234 g/mol. The minimum Gasteiger partial charge on any atom is -0.390 e. The van der Waals surface area contributed by atoms with Crippen molar-refractivity contribution in [1.29, 1.82) is 0 Å². The molecule has 1 aromatic heterocycles. The Kier molecular flexibility index (Phi) is 4.05. The van der Waals surface area contributed by atoms with E-state index in [1.165, 1.54) is 12.3 Å². The molecular formula is C9H12ClN3O3. The van der Waals surface area contributed by atoms with Gasteiger partial charge in [-0.15, -0.1) is 0 Å². The summed E-state index contributed by atoms with van der Waals surface area (Å²) in [6, 6.07) is 1.37. The van der Waals surface area contributed by atoms with Gasteiger partial charge in [0.05, 0.1) is 17.5 Å². The quantitative estimate of drug-likeness (QED) is 0.574. The number of carbonyl (C=O) groups excluding carboxylic acids is 1. The van der Waals surface area contributed by atoms with Crippen LogP contribution in [0.1, 0.15) is 18.1 Å². The highest BCUT2D eigenvalue weighted by molar-refractivity contribution is 6.30. The number of hydrogen-bond donors (Lipinski definition) is 4. The molecule has 1 rings (SSSR count). The number of rotatable bonds is 4. The molecule has 0 saturated heterocycles. The summed E-state index contributed by atoms with van der Waals surface area (Å²) in [6.45, 7) is 0. The molecule has 1 heterocycles. The van der Waals surface area contributed by atoms with Crippen LogP contribution < -0.4 is 11.5 Å². The fraction of sp³-hybridized carbons (Fsp3) is 0.333.